The van der Waals surface area contributed by atoms with E-state index in [1.54, 1.807) is 6.20 Å². The first-order valence-electron chi connectivity index (χ1n) is 8.09. The summed E-state index contributed by atoms with van der Waals surface area (Å²) in [6, 6.07) is 3.94. The maximum absolute atomic E-state index is 11.7. The lowest BCUT2D eigenvalue weighted by atomic mass is 9.85. The Kier molecular flexibility index (Phi) is 3.61. The van der Waals surface area contributed by atoms with Crippen molar-refractivity contribution in [3.63, 3.8) is 0 Å². The highest BCUT2D eigenvalue weighted by molar-refractivity contribution is 5.78. The zero-order valence-corrected chi connectivity index (χ0v) is 13.1. The molecule has 0 aliphatic heterocycles. The summed E-state index contributed by atoms with van der Waals surface area (Å²) in [6.45, 7) is 0. The monoisotopic (exact) mass is 323 g/mol. The predicted octanol–water partition coefficient (Wildman–Crippen LogP) is 1.66. The highest BCUT2D eigenvalue weighted by Gasteiger charge is 2.28. The van der Waals surface area contributed by atoms with Gasteiger partial charge in [-0.1, -0.05) is 6.42 Å². The lowest BCUT2D eigenvalue weighted by Crippen LogP contribution is -2.38. The Balaban J connectivity index is 1.64. The standard InChI is InChI=1S/C16H17N7O/c17-6-4-14(24)20-11-3-1-2-10(8-11)16-22-21-13-9-19-15-12(23(13)16)5-7-18-15/h5,7,9-11,18H,1-4,8H2,(H,20,24)/t10-,11-/m1/s1. The van der Waals surface area contributed by atoms with Crippen molar-refractivity contribution < 1.29 is 4.79 Å². The van der Waals surface area contributed by atoms with E-state index >= 15 is 0 Å². The van der Waals surface area contributed by atoms with Gasteiger partial charge in [-0.3, -0.25) is 9.20 Å². The second kappa shape index (κ2) is 5.92. The van der Waals surface area contributed by atoms with Gasteiger partial charge < -0.3 is 10.3 Å². The molecule has 0 aromatic carbocycles. The number of nitrogens with one attached hydrogen (secondary N) is 2. The summed E-state index contributed by atoms with van der Waals surface area (Å²) in [4.78, 5) is 19.1. The van der Waals surface area contributed by atoms with Gasteiger partial charge in [0.25, 0.3) is 0 Å². The van der Waals surface area contributed by atoms with Crippen LogP contribution >= 0.6 is 0 Å². The first-order valence-corrected chi connectivity index (χ1v) is 8.09. The molecule has 3 aromatic rings. The van der Waals surface area contributed by atoms with Crippen molar-refractivity contribution in [1.29, 1.82) is 5.26 Å². The van der Waals surface area contributed by atoms with E-state index in [0.717, 1.165) is 48.3 Å². The minimum absolute atomic E-state index is 0.0838. The van der Waals surface area contributed by atoms with Crippen LogP contribution in [0.4, 0.5) is 0 Å². The summed E-state index contributed by atoms with van der Waals surface area (Å²) in [5, 5.41) is 20.2. The van der Waals surface area contributed by atoms with Crippen LogP contribution in [0.3, 0.4) is 0 Å². The number of carbonyl (C=O) groups excluding carboxylic acids is 1. The van der Waals surface area contributed by atoms with Gasteiger partial charge in [0.15, 0.2) is 11.3 Å². The SMILES string of the molecule is N#CCC(=O)N[C@@H]1CCC[C@@H](c2nnc3cnc4[nH]ccc4n23)C1. The number of hydrogen-bond acceptors (Lipinski definition) is 5. The van der Waals surface area contributed by atoms with Crippen molar-refractivity contribution in [3.05, 3.63) is 24.3 Å². The Labute approximate surface area is 137 Å². The van der Waals surface area contributed by atoms with Crippen LogP contribution in [0.15, 0.2) is 18.5 Å². The van der Waals surface area contributed by atoms with Crippen molar-refractivity contribution in [2.45, 2.75) is 44.1 Å². The second-order valence-corrected chi connectivity index (χ2v) is 6.18. The molecule has 1 aliphatic rings. The fourth-order valence-electron chi connectivity index (χ4n) is 3.57. The third-order valence-electron chi connectivity index (χ3n) is 4.61. The zero-order valence-electron chi connectivity index (χ0n) is 13.1. The molecule has 1 saturated carbocycles. The van der Waals surface area contributed by atoms with E-state index in [1.165, 1.54) is 0 Å². The molecule has 4 rings (SSSR count). The first-order chi connectivity index (χ1) is 11.8. The van der Waals surface area contributed by atoms with E-state index in [2.05, 4.69) is 25.5 Å². The van der Waals surface area contributed by atoms with Gasteiger partial charge in [0, 0.05) is 18.2 Å². The van der Waals surface area contributed by atoms with Crippen LogP contribution in [-0.4, -0.2) is 36.5 Å². The summed E-state index contributed by atoms with van der Waals surface area (Å²) in [5.74, 6) is 0.935. The van der Waals surface area contributed by atoms with Crippen molar-refractivity contribution in [1.82, 2.24) is 29.9 Å². The summed E-state index contributed by atoms with van der Waals surface area (Å²) >= 11 is 0. The van der Waals surface area contributed by atoms with Gasteiger partial charge in [0.05, 0.1) is 17.8 Å². The minimum Gasteiger partial charge on any atom is -0.352 e. The van der Waals surface area contributed by atoms with E-state index < -0.39 is 0 Å². The average molecular weight is 323 g/mol. The maximum Gasteiger partial charge on any atom is 0.234 e. The van der Waals surface area contributed by atoms with Crippen LogP contribution in [0.2, 0.25) is 0 Å². The van der Waals surface area contributed by atoms with Crippen LogP contribution in [0.5, 0.6) is 0 Å². The number of nitriles is 1. The van der Waals surface area contributed by atoms with Crippen molar-refractivity contribution >= 4 is 22.7 Å². The molecule has 2 N–H and O–H groups in total. The lowest BCUT2D eigenvalue weighted by Gasteiger charge is -2.28. The van der Waals surface area contributed by atoms with Crippen LogP contribution < -0.4 is 5.32 Å². The number of nitrogens with zero attached hydrogens (tertiary/aromatic N) is 5. The molecule has 0 spiro atoms. The second-order valence-electron chi connectivity index (χ2n) is 6.18. The number of rotatable bonds is 3. The molecule has 0 radical (unpaired) electrons. The normalized spacial score (nSPS) is 21.0. The Morgan fingerprint density at radius 3 is 3.25 bits per heavy atom. The van der Waals surface area contributed by atoms with E-state index in [4.69, 9.17) is 5.26 Å². The van der Waals surface area contributed by atoms with E-state index in [-0.39, 0.29) is 24.3 Å². The predicted molar refractivity (Wildman–Crippen MR) is 86.0 cm³/mol. The number of aromatic amines is 1. The number of fused-ring (bicyclic) bond motifs is 3. The molecule has 0 unspecified atom stereocenters. The number of carbonyl (C=O) groups is 1. The highest BCUT2D eigenvalue weighted by Crippen LogP contribution is 2.33. The number of amides is 1. The molecule has 1 amide bonds. The van der Waals surface area contributed by atoms with Crippen molar-refractivity contribution in [2.24, 2.45) is 0 Å². The summed E-state index contributed by atoms with van der Waals surface area (Å²) in [6.07, 6.45) is 7.25. The molecule has 2 atom stereocenters. The molecule has 1 fully saturated rings. The fourth-order valence-corrected chi connectivity index (χ4v) is 3.57. The van der Waals surface area contributed by atoms with Crippen LogP contribution in [0, 0.1) is 11.3 Å². The lowest BCUT2D eigenvalue weighted by molar-refractivity contribution is -0.121. The Hall–Kier alpha value is -2.95. The quantitative estimate of drug-likeness (QED) is 0.761. The van der Waals surface area contributed by atoms with Gasteiger partial charge in [-0.25, -0.2) is 4.98 Å². The van der Waals surface area contributed by atoms with E-state index in [0.29, 0.717) is 0 Å². The van der Waals surface area contributed by atoms with Gasteiger partial charge in [-0.15, -0.1) is 10.2 Å². The van der Waals surface area contributed by atoms with Crippen LogP contribution in [0.1, 0.15) is 43.8 Å². The average Bonchev–Trinajstić information content (AvgIpc) is 3.21. The minimum atomic E-state index is -0.202. The summed E-state index contributed by atoms with van der Waals surface area (Å²) in [5.41, 5.74) is 2.49. The van der Waals surface area contributed by atoms with E-state index in [9.17, 15) is 4.79 Å². The molecule has 0 bridgehead atoms. The molecule has 3 heterocycles. The zero-order chi connectivity index (χ0) is 16.5. The van der Waals surface area contributed by atoms with Crippen LogP contribution in [-0.2, 0) is 4.79 Å². The molecule has 0 saturated heterocycles. The largest absolute Gasteiger partial charge is 0.352 e. The maximum atomic E-state index is 11.7. The molecular weight excluding hydrogens is 306 g/mol. The molecule has 3 aromatic heterocycles. The van der Waals surface area contributed by atoms with Crippen molar-refractivity contribution in [2.75, 3.05) is 0 Å². The number of aromatic nitrogens is 5. The molecule has 8 heteroatoms. The Morgan fingerprint density at radius 1 is 1.46 bits per heavy atom. The van der Waals surface area contributed by atoms with Gasteiger partial charge in [0.1, 0.15) is 12.2 Å². The fraction of sp³-hybridized carbons (Fsp3) is 0.438. The highest BCUT2D eigenvalue weighted by atomic mass is 16.1. The van der Waals surface area contributed by atoms with Gasteiger partial charge in [0.2, 0.25) is 5.91 Å². The summed E-state index contributed by atoms with van der Waals surface area (Å²) in [7, 11) is 0. The molecule has 24 heavy (non-hydrogen) atoms. The first kappa shape index (κ1) is 14.6. The Bertz CT molecular complexity index is 935. The number of H-pyrrole nitrogens is 1. The number of hydrogen-bond donors (Lipinski definition) is 2. The molecule has 122 valence electrons. The smallest absolute Gasteiger partial charge is 0.234 e. The Morgan fingerprint density at radius 2 is 2.38 bits per heavy atom. The van der Waals surface area contributed by atoms with Crippen LogP contribution in [0.25, 0.3) is 16.8 Å². The van der Waals surface area contributed by atoms with E-state index in [1.807, 2.05) is 22.7 Å². The summed E-state index contributed by atoms with van der Waals surface area (Å²) < 4.78 is 2.04. The molecular formula is C16H17N7O. The van der Waals surface area contributed by atoms with Gasteiger partial charge in [-0.05, 0) is 25.3 Å². The third kappa shape index (κ3) is 2.48. The molecule has 1 aliphatic carbocycles. The third-order valence-corrected chi connectivity index (χ3v) is 4.61. The van der Waals surface area contributed by atoms with Gasteiger partial charge in [-0.2, -0.15) is 5.26 Å². The van der Waals surface area contributed by atoms with Crippen molar-refractivity contribution in [3.8, 4) is 6.07 Å². The van der Waals surface area contributed by atoms with Gasteiger partial charge >= 0.3 is 0 Å². The molecule has 8 nitrogen and oxygen atoms in total. The topological polar surface area (TPSA) is 112 Å².